The second-order valence-electron chi connectivity index (χ2n) is 8.66. The van der Waals surface area contributed by atoms with Crippen molar-refractivity contribution in [2.24, 2.45) is 4.99 Å². The number of piperidine rings is 1. The molecule has 1 atom stereocenters. The summed E-state index contributed by atoms with van der Waals surface area (Å²) < 4.78 is 10.9. The highest BCUT2D eigenvalue weighted by molar-refractivity contribution is 14.0. The van der Waals surface area contributed by atoms with E-state index in [9.17, 15) is 0 Å². The number of fused-ring (bicyclic) bond motifs is 1. The number of methoxy groups -OCH3 is 2. The molecule has 32 heavy (non-hydrogen) atoms. The number of nitrogens with zero attached hydrogens (tertiary/aromatic N) is 3. The number of hydrogen-bond acceptors (Lipinski definition) is 5. The van der Waals surface area contributed by atoms with E-state index in [0.29, 0.717) is 0 Å². The highest BCUT2D eigenvalue weighted by atomic mass is 127. The number of benzene rings is 1. The largest absolute Gasteiger partial charge is 0.493 e. The monoisotopic (exact) mass is 559 g/mol. The molecule has 2 aliphatic rings. The number of hydrogen-bond donors (Lipinski definition) is 2. The topological polar surface area (TPSA) is 61.4 Å². The van der Waals surface area contributed by atoms with Crippen molar-refractivity contribution in [1.29, 1.82) is 0 Å². The Morgan fingerprint density at radius 1 is 1.03 bits per heavy atom. The van der Waals surface area contributed by atoms with Crippen LogP contribution in [0.5, 0.6) is 11.5 Å². The number of halogens is 1. The second kappa shape index (κ2) is 14.1. The van der Waals surface area contributed by atoms with Gasteiger partial charge in [0.25, 0.3) is 0 Å². The fourth-order valence-electron chi connectivity index (χ4n) is 4.66. The van der Waals surface area contributed by atoms with Crippen LogP contribution >= 0.6 is 24.0 Å². The predicted molar refractivity (Wildman–Crippen MR) is 143 cm³/mol. The van der Waals surface area contributed by atoms with Crippen LogP contribution in [0, 0.1) is 0 Å². The van der Waals surface area contributed by atoms with Crippen LogP contribution in [0.3, 0.4) is 0 Å². The number of guanidine groups is 1. The highest BCUT2D eigenvalue weighted by Gasteiger charge is 2.19. The molecule has 0 saturated carbocycles. The predicted octanol–water partition coefficient (Wildman–Crippen LogP) is 3.11. The summed E-state index contributed by atoms with van der Waals surface area (Å²) in [6.07, 6.45) is 6.27. The summed E-state index contributed by atoms with van der Waals surface area (Å²) in [6, 6.07) is 4.99. The van der Waals surface area contributed by atoms with Gasteiger partial charge in [0.2, 0.25) is 0 Å². The van der Waals surface area contributed by atoms with Crippen LogP contribution in [0.15, 0.2) is 17.1 Å². The van der Waals surface area contributed by atoms with Crippen LogP contribution < -0.4 is 20.1 Å². The standard InChI is InChI=1S/C24H41N5O2.HI/c1-19-8-5-6-12-29(19)13-7-10-26-24(25-2)27-11-15-28-14-9-20-16-22(30-3)23(31-4)17-21(20)18-28;/h16-17,19H,5-15,18H2,1-4H3,(H2,25,26,27);1H. The summed E-state index contributed by atoms with van der Waals surface area (Å²) in [7, 11) is 5.24. The minimum absolute atomic E-state index is 0. The molecule has 8 heteroatoms. The van der Waals surface area contributed by atoms with Gasteiger partial charge in [-0.1, -0.05) is 6.42 Å². The molecular weight excluding hydrogens is 517 g/mol. The zero-order chi connectivity index (χ0) is 22.1. The molecule has 1 saturated heterocycles. The summed E-state index contributed by atoms with van der Waals surface area (Å²) in [5, 5.41) is 6.94. The minimum atomic E-state index is 0. The van der Waals surface area contributed by atoms with Crippen LogP contribution in [0.2, 0.25) is 0 Å². The Morgan fingerprint density at radius 2 is 1.75 bits per heavy atom. The Balaban J connectivity index is 0.00000363. The zero-order valence-electron chi connectivity index (χ0n) is 20.3. The van der Waals surface area contributed by atoms with Gasteiger partial charge in [-0.3, -0.25) is 9.89 Å². The van der Waals surface area contributed by atoms with Crippen LogP contribution in [-0.4, -0.2) is 82.3 Å². The second-order valence-corrected chi connectivity index (χ2v) is 8.66. The Labute approximate surface area is 211 Å². The summed E-state index contributed by atoms with van der Waals surface area (Å²) in [4.78, 5) is 9.48. The third-order valence-electron chi connectivity index (χ3n) is 6.60. The van der Waals surface area contributed by atoms with Crippen LogP contribution in [0.25, 0.3) is 0 Å². The smallest absolute Gasteiger partial charge is 0.191 e. The molecule has 7 nitrogen and oxygen atoms in total. The van der Waals surface area contributed by atoms with E-state index in [1.54, 1.807) is 14.2 Å². The van der Waals surface area contributed by atoms with Gasteiger partial charge in [-0.2, -0.15) is 0 Å². The van der Waals surface area contributed by atoms with Gasteiger partial charge in [-0.25, -0.2) is 0 Å². The maximum absolute atomic E-state index is 5.47. The van der Waals surface area contributed by atoms with E-state index < -0.39 is 0 Å². The van der Waals surface area contributed by atoms with Crippen molar-refractivity contribution in [1.82, 2.24) is 20.4 Å². The molecule has 1 unspecified atom stereocenters. The van der Waals surface area contributed by atoms with Gasteiger partial charge < -0.3 is 25.0 Å². The Bertz CT molecular complexity index is 731. The molecule has 0 amide bonds. The molecular formula is C24H42IN5O2. The van der Waals surface area contributed by atoms with Gasteiger partial charge >= 0.3 is 0 Å². The van der Waals surface area contributed by atoms with Crippen molar-refractivity contribution in [2.45, 2.75) is 51.6 Å². The lowest BCUT2D eigenvalue weighted by Gasteiger charge is -2.33. The van der Waals surface area contributed by atoms with Crippen LogP contribution in [0.4, 0.5) is 0 Å². The van der Waals surface area contributed by atoms with E-state index in [2.05, 4.69) is 44.5 Å². The Morgan fingerprint density at radius 3 is 2.44 bits per heavy atom. The number of nitrogens with one attached hydrogen (secondary N) is 2. The van der Waals surface area contributed by atoms with E-state index >= 15 is 0 Å². The molecule has 1 aromatic rings. The first kappa shape index (κ1) is 27.0. The lowest BCUT2D eigenvalue weighted by molar-refractivity contribution is 0.159. The van der Waals surface area contributed by atoms with Gasteiger partial charge in [-0.05, 0) is 62.4 Å². The van der Waals surface area contributed by atoms with Crippen LogP contribution in [0.1, 0.15) is 43.7 Å². The molecule has 2 heterocycles. The summed E-state index contributed by atoms with van der Waals surface area (Å²) in [6.45, 7) is 9.62. The SMILES string of the molecule is CN=C(NCCCN1CCCCC1C)NCCN1CCc2cc(OC)c(OC)cc2C1.I. The van der Waals surface area contributed by atoms with Crippen molar-refractivity contribution >= 4 is 29.9 Å². The fraction of sp³-hybridized carbons (Fsp3) is 0.708. The Hall–Kier alpha value is -1.26. The van der Waals surface area contributed by atoms with Crippen molar-refractivity contribution in [3.05, 3.63) is 23.3 Å². The zero-order valence-corrected chi connectivity index (χ0v) is 22.6. The molecule has 2 N–H and O–H groups in total. The van der Waals surface area contributed by atoms with Gasteiger partial charge in [-0.15, -0.1) is 24.0 Å². The van der Waals surface area contributed by atoms with E-state index in [0.717, 1.165) is 69.1 Å². The van der Waals surface area contributed by atoms with Gasteiger partial charge in [0.15, 0.2) is 17.5 Å². The lowest BCUT2D eigenvalue weighted by Crippen LogP contribution is -2.44. The maximum atomic E-state index is 5.47. The van der Waals surface area contributed by atoms with Crippen molar-refractivity contribution in [3.8, 4) is 11.5 Å². The van der Waals surface area contributed by atoms with Crippen molar-refractivity contribution in [3.63, 3.8) is 0 Å². The number of likely N-dealkylation sites (tertiary alicyclic amines) is 1. The molecule has 1 aromatic carbocycles. The van der Waals surface area contributed by atoms with E-state index in [1.807, 2.05) is 7.05 Å². The molecule has 182 valence electrons. The summed E-state index contributed by atoms with van der Waals surface area (Å²) >= 11 is 0. The lowest BCUT2D eigenvalue weighted by atomic mass is 9.99. The molecule has 0 aromatic heterocycles. The average Bonchev–Trinajstić information content (AvgIpc) is 2.80. The third kappa shape index (κ3) is 7.66. The average molecular weight is 560 g/mol. The molecule has 0 aliphatic carbocycles. The molecule has 2 aliphatic heterocycles. The third-order valence-corrected chi connectivity index (χ3v) is 6.60. The molecule has 3 rings (SSSR count). The van der Waals surface area contributed by atoms with Crippen molar-refractivity contribution < 1.29 is 9.47 Å². The first-order valence-electron chi connectivity index (χ1n) is 11.8. The van der Waals surface area contributed by atoms with Crippen molar-refractivity contribution in [2.75, 3.05) is 60.5 Å². The van der Waals surface area contributed by atoms with E-state index in [-0.39, 0.29) is 24.0 Å². The molecule has 0 spiro atoms. The highest BCUT2D eigenvalue weighted by Crippen LogP contribution is 2.33. The van der Waals surface area contributed by atoms with Gasteiger partial charge in [0.1, 0.15) is 0 Å². The van der Waals surface area contributed by atoms with E-state index in [1.165, 1.54) is 43.5 Å². The van der Waals surface area contributed by atoms with Crippen LogP contribution in [-0.2, 0) is 13.0 Å². The minimum Gasteiger partial charge on any atom is -0.493 e. The molecule has 1 fully saturated rings. The molecule has 0 radical (unpaired) electrons. The quantitative estimate of drug-likeness (QED) is 0.210. The fourth-order valence-corrected chi connectivity index (χ4v) is 4.66. The molecule has 0 bridgehead atoms. The first-order valence-corrected chi connectivity index (χ1v) is 11.8. The first-order chi connectivity index (χ1) is 15.1. The summed E-state index contributed by atoms with van der Waals surface area (Å²) in [5.74, 6) is 2.53. The number of aliphatic imine (C=N–C) groups is 1. The number of rotatable bonds is 9. The maximum Gasteiger partial charge on any atom is 0.191 e. The normalized spacial score (nSPS) is 19.6. The summed E-state index contributed by atoms with van der Waals surface area (Å²) in [5.41, 5.74) is 2.70. The van der Waals surface area contributed by atoms with Gasteiger partial charge in [0.05, 0.1) is 14.2 Å². The number of ether oxygens (including phenoxy) is 2. The van der Waals surface area contributed by atoms with Gasteiger partial charge in [0, 0.05) is 52.4 Å². The Kier molecular flexibility index (Phi) is 11.9. The van der Waals surface area contributed by atoms with E-state index in [4.69, 9.17) is 9.47 Å².